The Morgan fingerprint density at radius 2 is 1.52 bits per heavy atom. The first-order valence-corrected chi connectivity index (χ1v) is 9.76. The minimum Gasteiger partial charge on any atom is -0.368 e. The molecule has 152 valence electrons. The molecule has 0 unspecified atom stereocenters. The lowest BCUT2D eigenvalue weighted by molar-refractivity contribution is -0.130. The molecule has 3 N–H and O–H groups in total. The van der Waals surface area contributed by atoms with Crippen molar-refractivity contribution in [3.63, 3.8) is 0 Å². The molecule has 1 fully saturated rings. The van der Waals surface area contributed by atoms with Crippen LogP contribution < -0.4 is 16.0 Å². The lowest BCUT2D eigenvalue weighted by atomic mass is 10.1. The van der Waals surface area contributed by atoms with Crippen molar-refractivity contribution >= 4 is 46.6 Å². The number of amides is 3. The Morgan fingerprint density at radius 1 is 0.897 bits per heavy atom. The van der Waals surface area contributed by atoms with Crippen LogP contribution in [0.4, 0.5) is 5.69 Å². The minimum absolute atomic E-state index is 0.0909. The van der Waals surface area contributed by atoms with Gasteiger partial charge >= 0.3 is 0 Å². The van der Waals surface area contributed by atoms with E-state index in [9.17, 15) is 14.4 Å². The van der Waals surface area contributed by atoms with Gasteiger partial charge in [0.25, 0.3) is 5.91 Å². The highest BCUT2D eigenvalue weighted by molar-refractivity contribution is 6.42. The van der Waals surface area contributed by atoms with Crippen molar-refractivity contribution in [3.05, 3.63) is 63.6 Å². The quantitative estimate of drug-likeness (QED) is 0.753. The monoisotopic (exact) mass is 434 g/mol. The molecule has 1 aliphatic rings. The van der Waals surface area contributed by atoms with E-state index < -0.39 is 5.91 Å². The van der Waals surface area contributed by atoms with E-state index in [1.807, 2.05) is 12.1 Å². The Hall–Kier alpha value is -2.77. The summed E-state index contributed by atoms with van der Waals surface area (Å²) in [5, 5.41) is 3.26. The second-order valence-corrected chi connectivity index (χ2v) is 7.40. The van der Waals surface area contributed by atoms with Gasteiger partial charge in [-0.05, 0) is 42.5 Å². The van der Waals surface area contributed by atoms with Crippen LogP contribution in [0.25, 0.3) is 0 Å². The molecule has 1 saturated heterocycles. The number of hydrogen-bond donors (Lipinski definition) is 2. The number of hydrogen-bond acceptors (Lipinski definition) is 4. The average Bonchev–Trinajstić information content (AvgIpc) is 2.74. The smallest absolute Gasteiger partial charge is 0.251 e. The fourth-order valence-corrected chi connectivity index (χ4v) is 3.36. The molecular weight excluding hydrogens is 415 g/mol. The number of carbonyl (C=O) groups is 3. The van der Waals surface area contributed by atoms with Gasteiger partial charge < -0.3 is 20.9 Å². The second kappa shape index (κ2) is 9.15. The molecular formula is C20H20Cl2N4O3. The van der Waals surface area contributed by atoms with E-state index >= 15 is 0 Å². The molecule has 0 bridgehead atoms. The maximum absolute atomic E-state index is 12.4. The number of rotatable bonds is 5. The number of primary amides is 1. The van der Waals surface area contributed by atoms with Crippen LogP contribution in [0.3, 0.4) is 0 Å². The zero-order chi connectivity index (χ0) is 21.0. The fraction of sp³-hybridized carbons (Fsp3) is 0.250. The van der Waals surface area contributed by atoms with Crippen molar-refractivity contribution in [2.45, 2.75) is 0 Å². The second-order valence-electron chi connectivity index (χ2n) is 6.59. The van der Waals surface area contributed by atoms with E-state index in [4.69, 9.17) is 28.9 Å². The molecule has 1 aliphatic heterocycles. The number of piperazine rings is 1. The van der Waals surface area contributed by atoms with Gasteiger partial charge in [-0.1, -0.05) is 23.2 Å². The highest BCUT2D eigenvalue weighted by Crippen LogP contribution is 2.22. The molecule has 1 heterocycles. The third kappa shape index (κ3) is 5.19. The summed E-state index contributed by atoms with van der Waals surface area (Å²) < 4.78 is 0. The van der Waals surface area contributed by atoms with Gasteiger partial charge in [0, 0.05) is 43.0 Å². The van der Waals surface area contributed by atoms with Crippen LogP contribution in [0, 0.1) is 0 Å². The largest absolute Gasteiger partial charge is 0.368 e. The van der Waals surface area contributed by atoms with E-state index in [0.717, 1.165) is 5.69 Å². The van der Waals surface area contributed by atoms with Gasteiger partial charge in [0.1, 0.15) is 0 Å². The van der Waals surface area contributed by atoms with Gasteiger partial charge in [-0.15, -0.1) is 0 Å². The van der Waals surface area contributed by atoms with Crippen LogP contribution in [0.5, 0.6) is 0 Å². The number of nitrogens with one attached hydrogen (secondary N) is 1. The summed E-state index contributed by atoms with van der Waals surface area (Å²) in [5.41, 5.74) is 7.03. The third-order valence-corrected chi connectivity index (χ3v) is 5.47. The van der Waals surface area contributed by atoms with Crippen LogP contribution >= 0.6 is 23.2 Å². The molecule has 3 amide bonds. The van der Waals surface area contributed by atoms with Gasteiger partial charge in [-0.25, -0.2) is 0 Å². The van der Waals surface area contributed by atoms with E-state index in [2.05, 4.69) is 10.2 Å². The predicted octanol–water partition coefficient (Wildman–Crippen LogP) is 2.17. The summed E-state index contributed by atoms with van der Waals surface area (Å²) in [6.45, 7) is 2.30. The number of nitrogens with two attached hydrogens (primary N) is 1. The highest BCUT2D eigenvalue weighted by Gasteiger charge is 2.22. The standard InChI is InChI=1S/C20H20Cl2N4O3/c21-16-6-3-14(11-17(16)22)20(29)24-12-18(27)26-9-7-25(8-10-26)15-4-1-13(2-5-15)19(23)28/h1-6,11H,7-10,12H2,(H2,23,28)(H,24,29). The first kappa shape index (κ1) is 21.0. The summed E-state index contributed by atoms with van der Waals surface area (Å²) in [4.78, 5) is 39.6. The molecule has 2 aromatic rings. The normalized spacial score (nSPS) is 13.9. The number of nitrogens with zero attached hydrogens (tertiary/aromatic N) is 2. The predicted molar refractivity (Wildman–Crippen MR) is 113 cm³/mol. The summed E-state index contributed by atoms with van der Waals surface area (Å²) in [7, 11) is 0. The molecule has 0 radical (unpaired) electrons. The lowest BCUT2D eigenvalue weighted by Crippen LogP contribution is -2.51. The Morgan fingerprint density at radius 3 is 2.10 bits per heavy atom. The molecule has 9 heteroatoms. The van der Waals surface area contributed by atoms with Crippen molar-refractivity contribution in [2.75, 3.05) is 37.6 Å². The zero-order valence-corrected chi connectivity index (χ0v) is 17.0. The number of halogens is 2. The van der Waals surface area contributed by atoms with Crippen molar-refractivity contribution in [3.8, 4) is 0 Å². The fourth-order valence-electron chi connectivity index (χ4n) is 3.06. The first-order chi connectivity index (χ1) is 13.8. The molecule has 29 heavy (non-hydrogen) atoms. The zero-order valence-electron chi connectivity index (χ0n) is 15.5. The molecule has 0 aliphatic carbocycles. The van der Waals surface area contributed by atoms with Crippen LogP contribution in [-0.4, -0.2) is 55.3 Å². The Kier molecular flexibility index (Phi) is 6.61. The summed E-state index contributed by atoms with van der Waals surface area (Å²) >= 11 is 11.8. The van der Waals surface area contributed by atoms with Gasteiger partial charge in [-0.3, -0.25) is 14.4 Å². The van der Waals surface area contributed by atoms with Gasteiger partial charge in [-0.2, -0.15) is 0 Å². The van der Waals surface area contributed by atoms with Gasteiger partial charge in [0.15, 0.2) is 0 Å². The van der Waals surface area contributed by atoms with Crippen LogP contribution in [0.1, 0.15) is 20.7 Å². The molecule has 3 rings (SSSR count). The minimum atomic E-state index is -0.463. The van der Waals surface area contributed by atoms with Crippen molar-refractivity contribution in [1.82, 2.24) is 10.2 Å². The topological polar surface area (TPSA) is 95.7 Å². The third-order valence-electron chi connectivity index (χ3n) is 4.73. The lowest BCUT2D eigenvalue weighted by Gasteiger charge is -2.36. The number of anilines is 1. The van der Waals surface area contributed by atoms with Crippen molar-refractivity contribution in [2.24, 2.45) is 5.73 Å². The van der Waals surface area contributed by atoms with Crippen molar-refractivity contribution < 1.29 is 14.4 Å². The molecule has 2 aromatic carbocycles. The maximum atomic E-state index is 12.4. The van der Waals surface area contributed by atoms with Crippen LogP contribution in [0.2, 0.25) is 10.0 Å². The van der Waals surface area contributed by atoms with Gasteiger partial charge in [0.2, 0.25) is 11.8 Å². The van der Waals surface area contributed by atoms with E-state index in [0.29, 0.717) is 42.3 Å². The SMILES string of the molecule is NC(=O)c1ccc(N2CCN(C(=O)CNC(=O)c3ccc(Cl)c(Cl)c3)CC2)cc1. The Labute approximate surface area is 178 Å². The van der Waals surface area contributed by atoms with Crippen molar-refractivity contribution in [1.29, 1.82) is 0 Å². The van der Waals surface area contributed by atoms with E-state index in [1.165, 1.54) is 12.1 Å². The highest BCUT2D eigenvalue weighted by atomic mass is 35.5. The summed E-state index contributed by atoms with van der Waals surface area (Å²) in [6, 6.07) is 11.6. The Balaban J connectivity index is 1.49. The Bertz CT molecular complexity index is 926. The molecule has 0 spiro atoms. The number of carbonyl (C=O) groups excluding carboxylic acids is 3. The molecule has 0 saturated carbocycles. The average molecular weight is 435 g/mol. The van der Waals surface area contributed by atoms with Crippen LogP contribution in [-0.2, 0) is 4.79 Å². The maximum Gasteiger partial charge on any atom is 0.251 e. The number of benzene rings is 2. The van der Waals surface area contributed by atoms with Crippen LogP contribution in [0.15, 0.2) is 42.5 Å². The van der Waals surface area contributed by atoms with Gasteiger partial charge in [0.05, 0.1) is 16.6 Å². The van der Waals surface area contributed by atoms with E-state index in [-0.39, 0.29) is 23.4 Å². The molecule has 7 nitrogen and oxygen atoms in total. The summed E-state index contributed by atoms with van der Waals surface area (Å²) in [5.74, 6) is -0.998. The first-order valence-electron chi connectivity index (χ1n) is 9.01. The molecule has 0 atom stereocenters. The van der Waals surface area contributed by atoms with E-state index in [1.54, 1.807) is 23.1 Å². The summed E-state index contributed by atoms with van der Waals surface area (Å²) in [6.07, 6.45) is 0. The molecule has 0 aromatic heterocycles.